The SMILES string of the molecule is CCCNc1nc(-c2ccncn2)nc(CC)c1Br. The molecule has 0 unspecified atom stereocenters. The quantitative estimate of drug-likeness (QED) is 0.916. The maximum atomic E-state index is 4.54. The van der Waals surface area contributed by atoms with Gasteiger partial charge in [0.05, 0.1) is 10.2 Å². The third-order valence-corrected chi connectivity index (χ3v) is 3.44. The molecule has 0 saturated carbocycles. The van der Waals surface area contributed by atoms with Crippen LogP contribution in [0.25, 0.3) is 11.5 Å². The predicted molar refractivity (Wildman–Crippen MR) is 78.9 cm³/mol. The lowest BCUT2D eigenvalue weighted by molar-refractivity contribution is 0.940. The minimum Gasteiger partial charge on any atom is -0.369 e. The van der Waals surface area contributed by atoms with Gasteiger partial charge in [0.25, 0.3) is 0 Å². The minimum absolute atomic E-state index is 0.626. The summed E-state index contributed by atoms with van der Waals surface area (Å²) in [6, 6.07) is 1.81. The summed E-state index contributed by atoms with van der Waals surface area (Å²) in [5.41, 5.74) is 1.71. The highest BCUT2D eigenvalue weighted by molar-refractivity contribution is 9.10. The van der Waals surface area contributed by atoms with E-state index in [-0.39, 0.29) is 0 Å². The fourth-order valence-corrected chi connectivity index (χ4v) is 2.22. The largest absolute Gasteiger partial charge is 0.369 e. The van der Waals surface area contributed by atoms with Crippen LogP contribution in [0.1, 0.15) is 26.0 Å². The molecule has 0 aliphatic rings. The standard InChI is InChI=1S/C13H16BrN5/c1-3-6-16-13-11(14)9(4-2)18-12(19-13)10-5-7-15-8-17-10/h5,7-8H,3-4,6H2,1-2H3,(H,16,18,19). The van der Waals surface area contributed by atoms with E-state index in [1.54, 1.807) is 6.20 Å². The Kier molecular flexibility index (Phi) is 4.79. The van der Waals surface area contributed by atoms with Crippen LogP contribution in [0.3, 0.4) is 0 Å². The van der Waals surface area contributed by atoms with Crippen LogP contribution < -0.4 is 5.32 Å². The summed E-state index contributed by atoms with van der Waals surface area (Å²) in [6.45, 7) is 5.07. The van der Waals surface area contributed by atoms with Crippen LogP contribution in [-0.2, 0) is 6.42 Å². The predicted octanol–water partition coefficient (Wildman–Crippen LogP) is 3.08. The molecule has 2 aromatic rings. The molecule has 0 fully saturated rings. The molecule has 6 heteroatoms. The Morgan fingerprint density at radius 2 is 2.11 bits per heavy atom. The van der Waals surface area contributed by atoms with Gasteiger partial charge in [0.15, 0.2) is 5.82 Å². The lowest BCUT2D eigenvalue weighted by Crippen LogP contribution is -2.07. The number of hydrogen-bond donors (Lipinski definition) is 1. The summed E-state index contributed by atoms with van der Waals surface area (Å²) in [7, 11) is 0. The van der Waals surface area contributed by atoms with E-state index in [1.165, 1.54) is 6.33 Å². The summed E-state index contributed by atoms with van der Waals surface area (Å²) in [5, 5.41) is 3.31. The molecular formula is C13H16BrN5. The number of nitrogens with one attached hydrogen (secondary N) is 1. The fourth-order valence-electron chi connectivity index (χ4n) is 1.63. The van der Waals surface area contributed by atoms with Crippen molar-refractivity contribution in [2.45, 2.75) is 26.7 Å². The molecule has 100 valence electrons. The van der Waals surface area contributed by atoms with Gasteiger partial charge in [0.1, 0.15) is 17.8 Å². The first-order chi connectivity index (χ1) is 9.26. The van der Waals surface area contributed by atoms with E-state index < -0.39 is 0 Å². The van der Waals surface area contributed by atoms with E-state index in [0.29, 0.717) is 5.82 Å². The van der Waals surface area contributed by atoms with Crippen molar-refractivity contribution >= 4 is 21.7 Å². The van der Waals surface area contributed by atoms with Crippen molar-refractivity contribution < 1.29 is 0 Å². The molecule has 0 amide bonds. The van der Waals surface area contributed by atoms with E-state index in [0.717, 1.165) is 41.1 Å². The second-order valence-electron chi connectivity index (χ2n) is 4.03. The summed E-state index contributed by atoms with van der Waals surface area (Å²) < 4.78 is 0.932. The van der Waals surface area contributed by atoms with Crippen LogP contribution in [0, 0.1) is 0 Å². The van der Waals surface area contributed by atoms with Gasteiger partial charge in [-0.1, -0.05) is 13.8 Å². The first-order valence-corrected chi connectivity index (χ1v) is 7.12. The monoisotopic (exact) mass is 321 g/mol. The van der Waals surface area contributed by atoms with Gasteiger partial charge in [-0.2, -0.15) is 0 Å². The van der Waals surface area contributed by atoms with Gasteiger partial charge in [-0.25, -0.2) is 19.9 Å². The summed E-state index contributed by atoms with van der Waals surface area (Å²) in [6.07, 6.45) is 5.08. The molecular weight excluding hydrogens is 306 g/mol. The molecule has 0 aliphatic carbocycles. The number of anilines is 1. The van der Waals surface area contributed by atoms with Crippen LogP contribution in [0.2, 0.25) is 0 Å². The molecule has 2 heterocycles. The summed E-state index contributed by atoms with van der Waals surface area (Å²) in [5.74, 6) is 1.45. The number of hydrogen-bond acceptors (Lipinski definition) is 5. The minimum atomic E-state index is 0.626. The van der Waals surface area contributed by atoms with Crippen molar-refractivity contribution in [2.75, 3.05) is 11.9 Å². The smallest absolute Gasteiger partial charge is 0.180 e. The van der Waals surface area contributed by atoms with E-state index in [1.807, 2.05) is 6.07 Å². The Balaban J connectivity index is 2.45. The molecule has 0 aromatic carbocycles. The zero-order valence-corrected chi connectivity index (χ0v) is 12.6. The Labute approximate surface area is 121 Å². The van der Waals surface area contributed by atoms with Crippen molar-refractivity contribution in [3.05, 3.63) is 28.8 Å². The topological polar surface area (TPSA) is 63.6 Å². The number of nitrogens with zero attached hydrogens (tertiary/aromatic N) is 4. The van der Waals surface area contributed by atoms with Gasteiger partial charge < -0.3 is 5.32 Å². The van der Waals surface area contributed by atoms with E-state index >= 15 is 0 Å². The Morgan fingerprint density at radius 1 is 1.26 bits per heavy atom. The molecule has 1 N–H and O–H groups in total. The highest BCUT2D eigenvalue weighted by Crippen LogP contribution is 2.26. The second kappa shape index (κ2) is 6.56. The molecule has 0 saturated heterocycles. The molecule has 2 rings (SSSR count). The van der Waals surface area contributed by atoms with Gasteiger partial charge in [-0.15, -0.1) is 0 Å². The number of rotatable bonds is 5. The second-order valence-corrected chi connectivity index (χ2v) is 4.82. The Morgan fingerprint density at radius 3 is 2.74 bits per heavy atom. The van der Waals surface area contributed by atoms with Crippen molar-refractivity contribution in [2.24, 2.45) is 0 Å². The number of halogens is 1. The summed E-state index contributed by atoms with van der Waals surface area (Å²) in [4.78, 5) is 17.2. The van der Waals surface area contributed by atoms with Gasteiger partial charge in [0.2, 0.25) is 0 Å². The van der Waals surface area contributed by atoms with Crippen LogP contribution >= 0.6 is 15.9 Å². The lowest BCUT2D eigenvalue weighted by atomic mass is 10.3. The zero-order valence-electron chi connectivity index (χ0n) is 11.0. The van der Waals surface area contributed by atoms with Gasteiger partial charge >= 0.3 is 0 Å². The van der Waals surface area contributed by atoms with E-state index in [4.69, 9.17) is 0 Å². The Hall–Kier alpha value is -1.56. The molecule has 0 aliphatic heterocycles. The van der Waals surface area contributed by atoms with E-state index in [2.05, 4.69) is 55.0 Å². The first kappa shape index (κ1) is 13.9. The van der Waals surface area contributed by atoms with E-state index in [9.17, 15) is 0 Å². The molecule has 0 bridgehead atoms. The zero-order chi connectivity index (χ0) is 13.7. The maximum absolute atomic E-state index is 4.54. The Bertz CT molecular complexity index is 544. The third-order valence-electron chi connectivity index (χ3n) is 2.61. The molecule has 5 nitrogen and oxygen atoms in total. The van der Waals surface area contributed by atoms with Crippen molar-refractivity contribution in [1.82, 2.24) is 19.9 Å². The number of aromatic nitrogens is 4. The van der Waals surface area contributed by atoms with Crippen LogP contribution in [-0.4, -0.2) is 26.5 Å². The maximum Gasteiger partial charge on any atom is 0.180 e. The highest BCUT2D eigenvalue weighted by atomic mass is 79.9. The molecule has 2 aromatic heterocycles. The number of aryl methyl sites for hydroxylation is 1. The van der Waals surface area contributed by atoms with Gasteiger partial charge in [-0.3, -0.25) is 0 Å². The lowest BCUT2D eigenvalue weighted by Gasteiger charge is -2.11. The van der Waals surface area contributed by atoms with Crippen LogP contribution in [0.5, 0.6) is 0 Å². The highest BCUT2D eigenvalue weighted by Gasteiger charge is 2.12. The molecule has 0 spiro atoms. The van der Waals surface area contributed by atoms with Gasteiger partial charge in [0, 0.05) is 12.7 Å². The van der Waals surface area contributed by atoms with Crippen molar-refractivity contribution in [3.8, 4) is 11.5 Å². The van der Waals surface area contributed by atoms with Crippen molar-refractivity contribution in [1.29, 1.82) is 0 Å². The third kappa shape index (κ3) is 3.26. The van der Waals surface area contributed by atoms with Crippen LogP contribution in [0.15, 0.2) is 23.1 Å². The fraction of sp³-hybridized carbons (Fsp3) is 0.385. The normalized spacial score (nSPS) is 10.5. The molecule has 0 radical (unpaired) electrons. The average molecular weight is 322 g/mol. The van der Waals surface area contributed by atoms with Gasteiger partial charge in [-0.05, 0) is 34.8 Å². The van der Waals surface area contributed by atoms with Crippen molar-refractivity contribution in [3.63, 3.8) is 0 Å². The average Bonchev–Trinajstić information content (AvgIpc) is 2.47. The summed E-state index contributed by atoms with van der Waals surface area (Å²) >= 11 is 3.56. The molecule has 19 heavy (non-hydrogen) atoms. The van der Waals surface area contributed by atoms with Crippen LogP contribution in [0.4, 0.5) is 5.82 Å². The first-order valence-electron chi connectivity index (χ1n) is 6.32. The molecule has 0 atom stereocenters.